The molecular formula is C13H14N2OS. The smallest absolute Gasteiger partial charge is 0.119 e. The Morgan fingerprint density at radius 3 is 2.65 bits per heavy atom. The lowest BCUT2D eigenvalue weighted by atomic mass is 10.3. The molecule has 88 valence electrons. The minimum atomic E-state index is 0.658. The van der Waals surface area contributed by atoms with Crippen LogP contribution in [0.2, 0.25) is 0 Å². The van der Waals surface area contributed by atoms with Gasteiger partial charge in [-0.05, 0) is 36.4 Å². The van der Waals surface area contributed by atoms with Gasteiger partial charge in [-0.1, -0.05) is 6.07 Å². The normalized spacial score (nSPS) is 10.1. The molecule has 0 aliphatic carbocycles. The Kier molecular flexibility index (Phi) is 4.27. The molecule has 0 bridgehead atoms. The summed E-state index contributed by atoms with van der Waals surface area (Å²) in [4.78, 5) is 4.23. The molecule has 1 heterocycles. The molecule has 2 rings (SSSR count). The van der Waals surface area contributed by atoms with Crippen molar-refractivity contribution in [3.05, 3.63) is 48.7 Å². The highest BCUT2D eigenvalue weighted by Gasteiger charge is 1.96. The van der Waals surface area contributed by atoms with E-state index in [1.807, 2.05) is 42.5 Å². The molecule has 3 nitrogen and oxygen atoms in total. The third kappa shape index (κ3) is 4.00. The first-order chi connectivity index (χ1) is 8.34. The Bertz CT molecular complexity index is 445. The van der Waals surface area contributed by atoms with Crippen molar-refractivity contribution in [3.8, 4) is 5.75 Å². The fourth-order valence-corrected chi connectivity index (χ4v) is 1.99. The molecule has 17 heavy (non-hydrogen) atoms. The third-order valence-electron chi connectivity index (χ3n) is 2.12. The second kappa shape index (κ2) is 6.15. The van der Waals surface area contributed by atoms with E-state index in [9.17, 15) is 0 Å². The van der Waals surface area contributed by atoms with Crippen LogP contribution in [-0.4, -0.2) is 17.3 Å². The Labute approximate surface area is 105 Å². The number of hydrogen-bond donors (Lipinski definition) is 1. The largest absolute Gasteiger partial charge is 0.493 e. The van der Waals surface area contributed by atoms with Crippen molar-refractivity contribution in [3.63, 3.8) is 0 Å². The average molecular weight is 246 g/mol. The van der Waals surface area contributed by atoms with Crippen molar-refractivity contribution >= 4 is 17.4 Å². The fourth-order valence-electron chi connectivity index (χ4n) is 1.30. The van der Waals surface area contributed by atoms with Gasteiger partial charge < -0.3 is 10.5 Å². The molecule has 4 heteroatoms. The van der Waals surface area contributed by atoms with Crippen LogP contribution in [0.4, 0.5) is 5.69 Å². The number of nitrogens with zero attached hydrogens (tertiary/aromatic N) is 1. The van der Waals surface area contributed by atoms with Crippen LogP contribution in [0, 0.1) is 0 Å². The van der Waals surface area contributed by atoms with Gasteiger partial charge in [0.1, 0.15) is 5.75 Å². The van der Waals surface area contributed by atoms with Gasteiger partial charge in [-0.3, -0.25) is 0 Å². The second-order valence-electron chi connectivity index (χ2n) is 3.43. The molecule has 0 radical (unpaired) electrons. The molecule has 0 spiro atoms. The van der Waals surface area contributed by atoms with E-state index < -0.39 is 0 Å². The molecule has 1 aromatic heterocycles. The summed E-state index contributed by atoms with van der Waals surface area (Å²) in [6.07, 6.45) is 1.79. The molecule has 0 amide bonds. The minimum absolute atomic E-state index is 0.658. The van der Waals surface area contributed by atoms with Crippen molar-refractivity contribution in [2.24, 2.45) is 0 Å². The first-order valence-electron chi connectivity index (χ1n) is 5.37. The van der Waals surface area contributed by atoms with E-state index in [-0.39, 0.29) is 0 Å². The lowest BCUT2D eigenvalue weighted by Crippen LogP contribution is -2.00. The Morgan fingerprint density at radius 1 is 1.12 bits per heavy atom. The van der Waals surface area contributed by atoms with E-state index in [4.69, 9.17) is 10.5 Å². The number of anilines is 1. The van der Waals surface area contributed by atoms with Gasteiger partial charge in [-0.15, -0.1) is 11.8 Å². The van der Waals surface area contributed by atoms with E-state index in [0.29, 0.717) is 6.61 Å². The fraction of sp³-hybridized carbons (Fsp3) is 0.154. The highest BCUT2D eigenvalue weighted by molar-refractivity contribution is 7.99. The van der Waals surface area contributed by atoms with E-state index in [2.05, 4.69) is 4.98 Å². The van der Waals surface area contributed by atoms with Crippen LogP contribution >= 0.6 is 11.8 Å². The SMILES string of the molecule is Nc1ccc(OCCSc2ccccn2)cc1. The molecule has 0 aliphatic heterocycles. The number of hydrogen-bond acceptors (Lipinski definition) is 4. The molecular weight excluding hydrogens is 232 g/mol. The van der Waals surface area contributed by atoms with Gasteiger partial charge in [0.2, 0.25) is 0 Å². The van der Waals surface area contributed by atoms with E-state index in [1.54, 1.807) is 18.0 Å². The third-order valence-corrected chi connectivity index (χ3v) is 3.03. The van der Waals surface area contributed by atoms with Gasteiger partial charge in [0.25, 0.3) is 0 Å². The molecule has 0 saturated carbocycles. The van der Waals surface area contributed by atoms with Crippen molar-refractivity contribution in [1.29, 1.82) is 0 Å². The zero-order valence-electron chi connectivity index (χ0n) is 9.37. The monoisotopic (exact) mass is 246 g/mol. The topological polar surface area (TPSA) is 48.1 Å². The Hall–Kier alpha value is -1.68. The van der Waals surface area contributed by atoms with Gasteiger partial charge in [0.15, 0.2) is 0 Å². The van der Waals surface area contributed by atoms with Gasteiger partial charge >= 0.3 is 0 Å². The number of rotatable bonds is 5. The highest BCUT2D eigenvalue weighted by Crippen LogP contribution is 2.16. The molecule has 0 atom stereocenters. The Morgan fingerprint density at radius 2 is 1.94 bits per heavy atom. The average Bonchev–Trinajstić information content (AvgIpc) is 2.38. The predicted octanol–water partition coefficient (Wildman–Crippen LogP) is 2.83. The zero-order chi connectivity index (χ0) is 11.9. The number of thioether (sulfide) groups is 1. The quantitative estimate of drug-likeness (QED) is 0.500. The van der Waals surface area contributed by atoms with Crippen LogP contribution in [0.25, 0.3) is 0 Å². The van der Waals surface area contributed by atoms with Crippen molar-refractivity contribution in [1.82, 2.24) is 4.98 Å². The summed E-state index contributed by atoms with van der Waals surface area (Å²) in [6, 6.07) is 13.3. The number of benzene rings is 1. The molecule has 0 aliphatic rings. The first kappa shape index (κ1) is 11.8. The number of nitrogens with two attached hydrogens (primary N) is 1. The van der Waals surface area contributed by atoms with Crippen LogP contribution < -0.4 is 10.5 Å². The minimum Gasteiger partial charge on any atom is -0.493 e. The lowest BCUT2D eigenvalue weighted by Gasteiger charge is -2.05. The van der Waals surface area contributed by atoms with Crippen molar-refractivity contribution in [2.75, 3.05) is 18.1 Å². The number of ether oxygens (including phenoxy) is 1. The molecule has 2 N–H and O–H groups in total. The summed E-state index contributed by atoms with van der Waals surface area (Å²) >= 11 is 1.68. The molecule has 0 saturated heterocycles. The van der Waals surface area contributed by atoms with Crippen molar-refractivity contribution in [2.45, 2.75) is 5.03 Å². The molecule has 0 fully saturated rings. The van der Waals surface area contributed by atoms with Crippen LogP contribution in [0.15, 0.2) is 53.7 Å². The van der Waals surface area contributed by atoms with Crippen LogP contribution in [0.5, 0.6) is 5.75 Å². The van der Waals surface area contributed by atoms with Crippen LogP contribution in [-0.2, 0) is 0 Å². The summed E-state index contributed by atoms with van der Waals surface area (Å²) in [5.74, 6) is 1.72. The number of nitrogen functional groups attached to an aromatic ring is 1. The van der Waals surface area contributed by atoms with Crippen LogP contribution in [0.1, 0.15) is 0 Å². The summed E-state index contributed by atoms with van der Waals surface area (Å²) in [5.41, 5.74) is 6.34. The lowest BCUT2D eigenvalue weighted by molar-refractivity contribution is 0.344. The van der Waals surface area contributed by atoms with Gasteiger partial charge in [-0.2, -0.15) is 0 Å². The summed E-state index contributed by atoms with van der Waals surface area (Å²) < 4.78 is 5.58. The maximum absolute atomic E-state index is 5.59. The maximum atomic E-state index is 5.59. The van der Waals surface area contributed by atoms with Crippen LogP contribution in [0.3, 0.4) is 0 Å². The first-order valence-corrected chi connectivity index (χ1v) is 6.35. The van der Waals surface area contributed by atoms with Gasteiger partial charge in [0, 0.05) is 17.6 Å². The number of aromatic nitrogens is 1. The van der Waals surface area contributed by atoms with E-state index in [1.165, 1.54) is 0 Å². The maximum Gasteiger partial charge on any atom is 0.119 e. The Balaban J connectivity index is 1.71. The zero-order valence-corrected chi connectivity index (χ0v) is 10.2. The predicted molar refractivity (Wildman–Crippen MR) is 71.3 cm³/mol. The second-order valence-corrected chi connectivity index (χ2v) is 4.55. The highest BCUT2D eigenvalue weighted by atomic mass is 32.2. The summed E-state index contributed by atoms with van der Waals surface area (Å²) in [5, 5.41) is 1.02. The number of pyridine rings is 1. The molecule has 0 unspecified atom stereocenters. The molecule has 1 aromatic carbocycles. The van der Waals surface area contributed by atoms with Gasteiger partial charge in [-0.25, -0.2) is 4.98 Å². The summed E-state index contributed by atoms with van der Waals surface area (Å²) in [6.45, 7) is 0.658. The van der Waals surface area contributed by atoms with Crippen molar-refractivity contribution < 1.29 is 4.74 Å². The standard InChI is InChI=1S/C13H14N2OS/c14-11-4-6-12(7-5-11)16-9-10-17-13-3-1-2-8-15-13/h1-8H,9-10,14H2. The van der Waals surface area contributed by atoms with E-state index >= 15 is 0 Å². The molecule has 2 aromatic rings. The summed E-state index contributed by atoms with van der Waals surface area (Å²) in [7, 11) is 0. The van der Waals surface area contributed by atoms with E-state index in [0.717, 1.165) is 22.2 Å². The van der Waals surface area contributed by atoms with Gasteiger partial charge in [0.05, 0.1) is 11.6 Å².